The van der Waals surface area contributed by atoms with Crippen LogP contribution in [0.1, 0.15) is 52.4 Å². The van der Waals surface area contributed by atoms with Gasteiger partial charge in [0.2, 0.25) is 6.41 Å². The second-order valence-electron chi connectivity index (χ2n) is 5.97. The van der Waals surface area contributed by atoms with E-state index in [0.717, 1.165) is 19.3 Å². The van der Waals surface area contributed by atoms with Crippen LogP contribution >= 0.6 is 0 Å². The molecule has 3 atom stereocenters. The second kappa shape index (κ2) is 7.77. The van der Waals surface area contributed by atoms with E-state index in [2.05, 4.69) is 43.5 Å². The fourth-order valence-corrected chi connectivity index (χ4v) is 2.96. The topological polar surface area (TPSA) is 41.5 Å². The van der Waals surface area contributed by atoms with Crippen LogP contribution in [0.3, 0.4) is 0 Å². The molecule has 0 bridgehead atoms. The first-order valence-corrected chi connectivity index (χ1v) is 7.75. The van der Waals surface area contributed by atoms with E-state index in [1.54, 1.807) is 0 Å². The van der Waals surface area contributed by atoms with Gasteiger partial charge in [-0.2, -0.15) is 0 Å². The third kappa shape index (κ3) is 5.23. The van der Waals surface area contributed by atoms with Gasteiger partial charge in [0.05, 0.1) is 6.10 Å². The zero-order chi connectivity index (χ0) is 14.4. The number of aliphatic hydroxyl groups is 1. The minimum absolute atomic E-state index is 0.0307. The maximum Gasteiger partial charge on any atom is 0.214 e. The van der Waals surface area contributed by atoms with Gasteiger partial charge >= 0.3 is 0 Å². The average molecular weight is 277 g/mol. The van der Waals surface area contributed by atoms with Gasteiger partial charge in [0, 0.05) is 6.04 Å². The van der Waals surface area contributed by atoms with Crippen molar-refractivity contribution in [1.29, 1.82) is 0 Å². The highest BCUT2D eigenvalue weighted by Gasteiger charge is 2.18. The Kier molecular flexibility index (Phi) is 6.02. The van der Waals surface area contributed by atoms with Crippen LogP contribution in [0.4, 0.5) is 0 Å². The van der Waals surface area contributed by atoms with E-state index in [0.29, 0.717) is 0 Å². The van der Waals surface area contributed by atoms with E-state index in [1.807, 2.05) is 0 Å². The van der Waals surface area contributed by atoms with Crippen molar-refractivity contribution in [2.75, 3.05) is 0 Å². The van der Waals surface area contributed by atoms with E-state index in [-0.39, 0.29) is 12.1 Å². The molecule has 112 valence electrons. The molecule has 0 amide bonds. The Hall–Kier alpha value is -0.900. The van der Waals surface area contributed by atoms with Crippen molar-refractivity contribution in [1.82, 2.24) is 5.32 Å². The molecule has 0 heterocycles. The summed E-state index contributed by atoms with van der Waals surface area (Å²) in [7, 11) is 0. The number of allylic oxidation sites excluding steroid dienone is 3. The molecule has 0 saturated carbocycles. The summed E-state index contributed by atoms with van der Waals surface area (Å²) in [5.74, 6) is 0. The third-order valence-corrected chi connectivity index (χ3v) is 3.85. The molecule has 0 fully saturated rings. The van der Waals surface area contributed by atoms with E-state index in [4.69, 9.17) is 4.74 Å². The quantitative estimate of drug-likeness (QED) is 0.611. The molecule has 2 aliphatic carbocycles. The molecular weight excluding hydrogens is 250 g/mol. The summed E-state index contributed by atoms with van der Waals surface area (Å²) >= 11 is 0. The summed E-state index contributed by atoms with van der Waals surface area (Å²) in [6, 6.07) is 0.160. The van der Waals surface area contributed by atoms with Crippen LogP contribution in [0, 0.1) is 0 Å². The minimum atomic E-state index is -0.899. The van der Waals surface area contributed by atoms with Crippen LogP contribution in [0.2, 0.25) is 0 Å². The average Bonchev–Trinajstić information content (AvgIpc) is 2.31. The van der Waals surface area contributed by atoms with E-state index < -0.39 is 6.41 Å². The van der Waals surface area contributed by atoms with Gasteiger partial charge in [-0.05, 0) is 39.5 Å². The highest BCUT2D eigenvalue weighted by atomic mass is 16.6. The molecule has 2 rings (SSSR count). The minimum Gasteiger partial charge on any atom is -0.356 e. The van der Waals surface area contributed by atoms with Crippen molar-refractivity contribution in [3.8, 4) is 0 Å². The normalized spacial score (nSPS) is 30.8. The van der Waals surface area contributed by atoms with Gasteiger partial charge in [-0.3, -0.25) is 5.32 Å². The van der Waals surface area contributed by atoms with Crippen LogP contribution < -0.4 is 5.32 Å². The molecule has 2 aliphatic rings. The first-order chi connectivity index (χ1) is 9.63. The van der Waals surface area contributed by atoms with E-state index in [9.17, 15) is 5.11 Å². The number of rotatable bonds is 4. The van der Waals surface area contributed by atoms with E-state index in [1.165, 1.54) is 30.4 Å². The Bertz CT molecular complexity index is 398. The van der Waals surface area contributed by atoms with Gasteiger partial charge in [-0.25, -0.2) is 0 Å². The zero-order valence-electron chi connectivity index (χ0n) is 12.6. The first kappa shape index (κ1) is 15.5. The third-order valence-electron chi connectivity index (χ3n) is 3.85. The van der Waals surface area contributed by atoms with Crippen LogP contribution in [0.5, 0.6) is 0 Å². The summed E-state index contributed by atoms with van der Waals surface area (Å²) in [5, 5.41) is 13.2. The predicted octanol–water partition coefficient (Wildman–Crippen LogP) is 3.42. The van der Waals surface area contributed by atoms with Gasteiger partial charge in [0.15, 0.2) is 0 Å². The van der Waals surface area contributed by atoms with Crippen LogP contribution in [-0.4, -0.2) is 23.7 Å². The summed E-state index contributed by atoms with van der Waals surface area (Å²) in [4.78, 5) is 0. The standard InChI is InChI=1S/C17H27NO2/c1-13-10-14(2)12-15(11-13)18-17(19)20-16-8-6-4-3-5-7-9-16/h6,8,10-11,15-19H,3-5,7,9,12H2,1-2H3/b8-6+. The summed E-state index contributed by atoms with van der Waals surface area (Å²) in [5.41, 5.74) is 2.57. The lowest BCUT2D eigenvalue weighted by molar-refractivity contribution is -0.146. The molecule has 3 heteroatoms. The molecule has 20 heavy (non-hydrogen) atoms. The maximum atomic E-state index is 10.1. The molecule has 0 radical (unpaired) electrons. The molecule has 0 spiro atoms. The number of aliphatic hydroxyl groups excluding tert-OH is 1. The molecule has 0 aromatic carbocycles. The monoisotopic (exact) mass is 277 g/mol. The molecule has 0 aromatic rings. The van der Waals surface area contributed by atoms with Gasteiger partial charge in [-0.15, -0.1) is 0 Å². The van der Waals surface area contributed by atoms with Crippen LogP contribution in [-0.2, 0) is 4.74 Å². The Labute approximate surface area is 122 Å². The lowest BCUT2D eigenvalue weighted by Crippen LogP contribution is -2.41. The highest BCUT2D eigenvalue weighted by molar-refractivity contribution is 5.28. The van der Waals surface area contributed by atoms with Crippen LogP contribution in [0.15, 0.2) is 35.5 Å². The van der Waals surface area contributed by atoms with Crippen molar-refractivity contribution in [2.24, 2.45) is 0 Å². The van der Waals surface area contributed by atoms with Crippen molar-refractivity contribution in [3.05, 3.63) is 35.5 Å². The highest BCUT2D eigenvalue weighted by Crippen LogP contribution is 2.18. The SMILES string of the molecule is CC1=CC(NC(O)OC2/C=C/CCCCC2)CC(C)=C1. The lowest BCUT2D eigenvalue weighted by atomic mass is 9.97. The van der Waals surface area contributed by atoms with Crippen LogP contribution in [0.25, 0.3) is 0 Å². The predicted molar refractivity (Wildman–Crippen MR) is 82.2 cm³/mol. The number of nitrogens with one attached hydrogen (secondary N) is 1. The van der Waals surface area contributed by atoms with E-state index >= 15 is 0 Å². The number of ether oxygens (including phenoxy) is 1. The Morgan fingerprint density at radius 2 is 2.15 bits per heavy atom. The molecule has 3 nitrogen and oxygen atoms in total. The molecule has 0 aliphatic heterocycles. The van der Waals surface area contributed by atoms with Crippen molar-refractivity contribution in [2.45, 2.75) is 70.9 Å². The van der Waals surface area contributed by atoms with Gasteiger partial charge in [-0.1, -0.05) is 48.3 Å². The van der Waals surface area contributed by atoms with Crippen molar-refractivity contribution in [3.63, 3.8) is 0 Å². The number of hydrogen-bond acceptors (Lipinski definition) is 3. The smallest absolute Gasteiger partial charge is 0.214 e. The Balaban J connectivity index is 1.81. The largest absolute Gasteiger partial charge is 0.356 e. The number of hydrogen-bond donors (Lipinski definition) is 2. The fraction of sp³-hybridized carbons (Fsp3) is 0.647. The van der Waals surface area contributed by atoms with Gasteiger partial charge < -0.3 is 9.84 Å². The maximum absolute atomic E-state index is 10.1. The van der Waals surface area contributed by atoms with Gasteiger partial charge in [0.25, 0.3) is 0 Å². The molecule has 3 unspecified atom stereocenters. The first-order valence-electron chi connectivity index (χ1n) is 7.75. The second-order valence-corrected chi connectivity index (χ2v) is 5.97. The molecule has 0 aromatic heterocycles. The summed E-state index contributed by atoms with van der Waals surface area (Å²) < 4.78 is 5.71. The zero-order valence-corrected chi connectivity index (χ0v) is 12.6. The summed E-state index contributed by atoms with van der Waals surface area (Å²) in [6.07, 6.45) is 14.5. The van der Waals surface area contributed by atoms with Crippen molar-refractivity contribution < 1.29 is 9.84 Å². The van der Waals surface area contributed by atoms with Crippen molar-refractivity contribution >= 4 is 0 Å². The van der Waals surface area contributed by atoms with Gasteiger partial charge in [0.1, 0.15) is 0 Å². The lowest BCUT2D eigenvalue weighted by Gasteiger charge is -2.26. The molecule has 0 saturated heterocycles. The molecule has 2 N–H and O–H groups in total. The fourth-order valence-electron chi connectivity index (χ4n) is 2.96. The molecular formula is C17H27NO2. The Morgan fingerprint density at radius 3 is 2.95 bits per heavy atom. The summed E-state index contributed by atoms with van der Waals surface area (Å²) in [6.45, 7) is 4.21. The Morgan fingerprint density at radius 1 is 1.30 bits per heavy atom.